The molecule has 3 heteroatoms. The minimum atomic E-state index is 0.207. The summed E-state index contributed by atoms with van der Waals surface area (Å²) in [6, 6.07) is 8.16. The molecule has 0 heterocycles. The van der Waals surface area contributed by atoms with Crippen molar-refractivity contribution in [3.05, 3.63) is 29.8 Å². The predicted octanol–water partition coefficient (Wildman–Crippen LogP) is 1.12. The number of benzene rings is 1. The van der Waals surface area contributed by atoms with Crippen LogP contribution in [0.5, 0.6) is 0 Å². The first kappa shape index (κ1) is 12.0. The fourth-order valence-electron chi connectivity index (χ4n) is 1.35. The summed E-state index contributed by atoms with van der Waals surface area (Å²) in [7, 11) is 2.03. The molecule has 0 aliphatic rings. The Labute approximate surface area is 91.5 Å². The Kier molecular flexibility index (Phi) is 4.59. The van der Waals surface area contributed by atoms with Crippen molar-refractivity contribution in [2.24, 2.45) is 0 Å². The molecule has 0 radical (unpaired) electrons. The van der Waals surface area contributed by atoms with Crippen molar-refractivity contribution in [3.63, 3.8) is 0 Å². The Morgan fingerprint density at radius 3 is 2.47 bits per heavy atom. The number of nitrogens with zero attached hydrogens (tertiary/aromatic N) is 1. The first-order valence-electron chi connectivity index (χ1n) is 5.29. The Morgan fingerprint density at radius 2 is 1.93 bits per heavy atom. The maximum atomic E-state index is 8.98. The van der Waals surface area contributed by atoms with E-state index in [2.05, 4.69) is 4.90 Å². The van der Waals surface area contributed by atoms with Crippen LogP contribution < -0.4 is 5.73 Å². The molecule has 0 aliphatic carbocycles. The summed E-state index contributed by atoms with van der Waals surface area (Å²) in [5.74, 6) is 0. The topological polar surface area (TPSA) is 49.5 Å². The number of nitrogens with two attached hydrogens (primary N) is 1. The van der Waals surface area contributed by atoms with Gasteiger partial charge in [0.2, 0.25) is 0 Å². The first-order valence-corrected chi connectivity index (χ1v) is 5.29. The Hall–Kier alpha value is -1.06. The van der Waals surface area contributed by atoms with E-state index in [1.165, 1.54) is 5.56 Å². The van der Waals surface area contributed by atoms with Gasteiger partial charge in [-0.2, -0.15) is 0 Å². The third-order valence-corrected chi connectivity index (χ3v) is 2.75. The van der Waals surface area contributed by atoms with Gasteiger partial charge in [-0.05, 0) is 38.1 Å². The van der Waals surface area contributed by atoms with Crippen LogP contribution >= 0.6 is 0 Å². The van der Waals surface area contributed by atoms with Crippen molar-refractivity contribution in [1.82, 2.24) is 4.90 Å². The molecule has 1 unspecified atom stereocenters. The van der Waals surface area contributed by atoms with Crippen LogP contribution in [-0.4, -0.2) is 36.2 Å². The number of nitrogen functional groups attached to an aromatic ring is 1. The van der Waals surface area contributed by atoms with Crippen molar-refractivity contribution in [2.45, 2.75) is 19.4 Å². The van der Waals surface area contributed by atoms with E-state index in [1.54, 1.807) is 0 Å². The number of aliphatic hydroxyl groups is 1. The molecule has 1 aromatic carbocycles. The van der Waals surface area contributed by atoms with E-state index >= 15 is 0 Å². The Bertz CT molecular complexity index is 284. The van der Waals surface area contributed by atoms with E-state index in [-0.39, 0.29) is 12.6 Å². The first-order chi connectivity index (χ1) is 7.13. The highest BCUT2D eigenvalue weighted by Crippen LogP contribution is 2.07. The maximum absolute atomic E-state index is 8.98. The molecule has 0 aliphatic heterocycles. The fraction of sp³-hybridized carbons (Fsp3) is 0.500. The van der Waals surface area contributed by atoms with Crippen LogP contribution in [0.1, 0.15) is 12.5 Å². The van der Waals surface area contributed by atoms with Gasteiger partial charge in [-0.25, -0.2) is 0 Å². The molecule has 0 aromatic heterocycles. The lowest BCUT2D eigenvalue weighted by atomic mass is 10.1. The zero-order valence-electron chi connectivity index (χ0n) is 9.48. The lowest BCUT2D eigenvalue weighted by Gasteiger charge is -2.22. The summed E-state index contributed by atoms with van der Waals surface area (Å²) >= 11 is 0. The van der Waals surface area contributed by atoms with Crippen molar-refractivity contribution in [2.75, 3.05) is 25.9 Å². The van der Waals surface area contributed by atoms with Crippen LogP contribution in [-0.2, 0) is 6.42 Å². The molecule has 0 saturated carbocycles. The smallest absolute Gasteiger partial charge is 0.0584 e. The molecular formula is C12H20N2O. The molecule has 15 heavy (non-hydrogen) atoms. The molecule has 0 spiro atoms. The molecule has 0 fully saturated rings. The van der Waals surface area contributed by atoms with E-state index in [1.807, 2.05) is 38.2 Å². The highest BCUT2D eigenvalue weighted by atomic mass is 16.3. The van der Waals surface area contributed by atoms with Gasteiger partial charge in [0.05, 0.1) is 6.61 Å². The molecule has 1 rings (SSSR count). The predicted molar refractivity (Wildman–Crippen MR) is 63.7 cm³/mol. The molecule has 0 bridgehead atoms. The quantitative estimate of drug-likeness (QED) is 0.713. The number of anilines is 1. The molecular weight excluding hydrogens is 188 g/mol. The van der Waals surface area contributed by atoms with Gasteiger partial charge in [0.25, 0.3) is 0 Å². The largest absolute Gasteiger partial charge is 0.399 e. The maximum Gasteiger partial charge on any atom is 0.0584 e. The van der Waals surface area contributed by atoms with Gasteiger partial charge in [-0.1, -0.05) is 12.1 Å². The van der Waals surface area contributed by atoms with Crippen LogP contribution in [0, 0.1) is 0 Å². The SMILES string of the molecule is CC(CO)N(C)CCc1ccc(N)cc1. The standard InChI is InChI=1S/C12H20N2O/c1-10(9-15)14(2)8-7-11-3-5-12(13)6-4-11/h3-6,10,15H,7-9,13H2,1-2H3. The molecule has 0 amide bonds. The summed E-state index contributed by atoms with van der Waals surface area (Å²) in [5, 5.41) is 8.98. The van der Waals surface area contributed by atoms with Gasteiger partial charge in [-0.15, -0.1) is 0 Å². The normalized spacial score (nSPS) is 13.1. The summed E-state index contributed by atoms with van der Waals surface area (Å²) in [6.45, 7) is 3.17. The van der Waals surface area contributed by atoms with Crippen molar-refractivity contribution < 1.29 is 5.11 Å². The number of aliphatic hydroxyl groups excluding tert-OH is 1. The highest BCUT2D eigenvalue weighted by Gasteiger charge is 2.06. The second kappa shape index (κ2) is 5.73. The van der Waals surface area contributed by atoms with Gasteiger partial charge in [-0.3, -0.25) is 0 Å². The van der Waals surface area contributed by atoms with E-state index < -0.39 is 0 Å². The fourth-order valence-corrected chi connectivity index (χ4v) is 1.35. The van der Waals surface area contributed by atoms with Gasteiger partial charge < -0.3 is 15.7 Å². The Balaban J connectivity index is 2.40. The van der Waals surface area contributed by atoms with E-state index in [9.17, 15) is 0 Å². The number of rotatable bonds is 5. The van der Waals surface area contributed by atoms with Crippen molar-refractivity contribution >= 4 is 5.69 Å². The number of likely N-dealkylation sites (N-methyl/N-ethyl adjacent to an activating group) is 1. The van der Waals surface area contributed by atoms with E-state index in [0.717, 1.165) is 18.7 Å². The minimum Gasteiger partial charge on any atom is -0.399 e. The minimum absolute atomic E-state index is 0.207. The Morgan fingerprint density at radius 1 is 1.33 bits per heavy atom. The van der Waals surface area contributed by atoms with Gasteiger partial charge in [0.15, 0.2) is 0 Å². The second-order valence-electron chi connectivity index (χ2n) is 4.00. The average molecular weight is 208 g/mol. The van der Waals surface area contributed by atoms with Gasteiger partial charge in [0, 0.05) is 18.3 Å². The molecule has 3 N–H and O–H groups in total. The highest BCUT2D eigenvalue weighted by molar-refractivity contribution is 5.39. The molecule has 1 atom stereocenters. The van der Waals surface area contributed by atoms with Gasteiger partial charge >= 0.3 is 0 Å². The van der Waals surface area contributed by atoms with E-state index in [0.29, 0.717) is 0 Å². The monoisotopic (exact) mass is 208 g/mol. The van der Waals surface area contributed by atoms with E-state index in [4.69, 9.17) is 10.8 Å². The third-order valence-electron chi connectivity index (χ3n) is 2.75. The number of hydrogen-bond acceptors (Lipinski definition) is 3. The summed E-state index contributed by atoms with van der Waals surface area (Å²) in [6.07, 6.45) is 0.987. The molecule has 3 nitrogen and oxygen atoms in total. The number of hydrogen-bond donors (Lipinski definition) is 2. The third kappa shape index (κ3) is 3.90. The lowest BCUT2D eigenvalue weighted by Crippen LogP contribution is -2.33. The van der Waals surface area contributed by atoms with Crippen LogP contribution in [0.4, 0.5) is 5.69 Å². The lowest BCUT2D eigenvalue weighted by molar-refractivity contribution is 0.160. The molecule has 1 aromatic rings. The van der Waals surface area contributed by atoms with Crippen LogP contribution in [0.25, 0.3) is 0 Å². The molecule has 84 valence electrons. The summed E-state index contributed by atoms with van der Waals surface area (Å²) in [5.41, 5.74) is 7.69. The molecule has 0 saturated heterocycles. The summed E-state index contributed by atoms with van der Waals surface area (Å²) < 4.78 is 0. The summed E-state index contributed by atoms with van der Waals surface area (Å²) in [4.78, 5) is 2.15. The van der Waals surface area contributed by atoms with Crippen molar-refractivity contribution in [3.8, 4) is 0 Å². The van der Waals surface area contributed by atoms with Crippen LogP contribution in [0.2, 0.25) is 0 Å². The van der Waals surface area contributed by atoms with Gasteiger partial charge in [0.1, 0.15) is 0 Å². The average Bonchev–Trinajstić information content (AvgIpc) is 2.26. The van der Waals surface area contributed by atoms with Crippen LogP contribution in [0.3, 0.4) is 0 Å². The zero-order valence-corrected chi connectivity index (χ0v) is 9.48. The van der Waals surface area contributed by atoms with Crippen molar-refractivity contribution in [1.29, 1.82) is 0 Å². The van der Waals surface area contributed by atoms with Crippen LogP contribution in [0.15, 0.2) is 24.3 Å². The second-order valence-corrected chi connectivity index (χ2v) is 4.00. The zero-order chi connectivity index (χ0) is 11.3.